The van der Waals surface area contributed by atoms with Crippen molar-refractivity contribution in [3.63, 3.8) is 0 Å². The Labute approximate surface area is 267 Å². The first kappa shape index (κ1) is 32.3. The third-order valence-electron chi connectivity index (χ3n) is 8.80. The van der Waals surface area contributed by atoms with Gasteiger partial charge in [-0.05, 0) is 103 Å². The zero-order chi connectivity index (χ0) is 32.1. The number of aryl methyl sites for hydroxylation is 1. The van der Waals surface area contributed by atoms with Crippen LogP contribution in [0.5, 0.6) is 11.5 Å². The molecule has 1 saturated carbocycles. The highest BCUT2D eigenvalue weighted by Gasteiger charge is 2.34. The molecule has 1 aromatic heterocycles. The SMILES string of the molecule is COc1ccc(C(=O)N(CC(C)(C)C)c2cc(C)ccn2)c(N2CCC(COc3cccc(C(CC(=O)O)C4CC4)c3)CC2)c1. The van der Waals surface area contributed by atoms with Crippen molar-refractivity contribution in [2.45, 2.75) is 65.7 Å². The fourth-order valence-electron chi connectivity index (χ4n) is 6.26. The van der Waals surface area contributed by atoms with Gasteiger partial charge >= 0.3 is 5.97 Å². The number of hydrogen-bond acceptors (Lipinski definition) is 6. The number of piperidine rings is 1. The molecule has 0 spiro atoms. The van der Waals surface area contributed by atoms with Crippen LogP contribution in [0.4, 0.5) is 11.5 Å². The van der Waals surface area contributed by atoms with E-state index in [9.17, 15) is 14.7 Å². The minimum absolute atomic E-state index is 0.0510. The molecule has 0 bridgehead atoms. The van der Waals surface area contributed by atoms with Gasteiger partial charge in [0.15, 0.2) is 0 Å². The van der Waals surface area contributed by atoms with Crippen LogP contribution >= 0.6 is 0 Å². The van der Waals surface area contributed by atoms with E-state index in [0.717, 1.165) is 67.1 Å². The van der Waals surface area contributed by atoms with E-state index in [0.29, 0.717) is 36.4 Å². The van der Waals surface area contributed by atoms with Crippen LogP contribution in [0, 0.1) is 24.2 Å². The highest BCUT2D eigenvalue weighted by molar-refractivity contribution is 6.09. The maximum absolute atomic E-state index is 14.3. The Morgan fingerprint density at radius 1 is 1.02 bits per heavy atom. The van der Waals surface area contributed by atoms with Gasteiger partial charge in [-0.3, -0.25) is 14.5 Å². The Morgan fingerprint density at radius 3 is 2.42 bits per heavy atom. The third kappa shape index (κ3) is 8.56. The summed E-state index contributed by atoms with van der Waals surface area (Å²) < 4.78 is 11.8. The zero-order valence-electron chi connectivity index (χ0n) is 27.3. The Balaban J connectivity index is 1.28. The van der Waals surface area contributed by atoms with Crippen LogP contribution in [0.3, 0.4) is 0 Å². The molecule has 1 unspecified atom stereocenters. The molecule has 1 N–H and O–H groups in total. The van der Waals surface area contributed by atoms with E-state index >= 15 is 0 Å². The first-order chi connectivity index (χ1) is 21.5. The fraction of sp³-hybridized carbons (Fsp3) is 0.486. The number of carbonyl (C=O) groups excluding carboxylic acids is 1. The summed E-state index contributed by atoms with van der Waals surface area (Å²) in [6.07, 6.45) is 5.97. The average Bonchev–Trinajstić information content (AvgIpc) is 3.86. The molecule has 5 rings (SSSR count). The summed E-state index contributed by atoms with van der Waals surface area (Å²) in [5.74, 6) is 2.24. The predicted octanol–water partition coefficient (Wildman–Crippen LogP) is 7.36. The normalized spacial score (nSPS) is 16.2. The van der Waals surface area contributed by atoms with Gasteiger partial charge in [0, 0.05) is 31.9 Å². The van der Waals surface area contributed by atoms with Crippen LogP contribution in [0.25, 0.3) is 0 Å². The lowest BCUT2D eigenvalue weighted by molar-refractivity contribution is -0.137. The highest BCUT2D eigenvalue weighted by atomic mass is 16.5. The number of ether oxygens (including phenoxy) is 2. The third-order valence-corrected chi connectivity index (χ3v) is 8.80. The van der Waals surface area contributed by atoms with Crippen molar-refractivity contribution in [1.29, 1.82) is 0 Å². The Hall–Kier alpha value is -4.07. The molecule has 2 heterocycles. The van der Waals surface area contributed by atoms with E-state index < -0.39 is 5.97 Å². The smallest absolute Gasteiger partial charge is 0.303 e. The number of amides is 1. The van der Waals surface area contributed by atoms with E-state index in [1.54, 1.807) is 18.2 Å². The number of benzene rings is 2. The number of nitrogens with zero attached hydrogens (tertiary/aromatic N) is 3. The number of carbonyl (C=O) groups is 2. The number of hydrogen-bond donors (Lipinski definition) is 1. The monoisotopic (exact) mass is 613 g/mol. The first-order valence-electron chi connectivity index (χ1n) is 16.1. The van der Waals surface area contributed by atoms with E-state index in [1.165, 1.54) is 0 Å². The summed E-state index contributed by atoms with van der Waals surface area (Å²) in [6, 6.07) is 17.6. The zero-order valence-corrected chi connectivity index (χ0v) is 27.3. The molecule has 8 heteroatoms. The van der Waals surface area contributed by atoms with Gasteiger partial charge in [-0.25, -0.2) is 4.98 Å². The number of pyridine rings is 1. The van der Waals surface area contributed by atoms with Gasteiger partial charge in [-0.15, -0.1) is 0 Å². The molecule has 2 aromatic carbocycles. The number of rotatable bonds is 12. The molecule has 240 valence electrons. The molecule has 1 amide bonds. The van der Waals surface area contributed by atoms with Gasteiger partial charge in [-0.1, -0.05) is 32.9 Å². The molecule has 2 fully saturated rings. The van der Waals surface area contributed by atoms with Crippen LogP contribution in [0.2, 0.25) is 0 Å². The van der Waals surface area contributed by atoms with E-state index in [2.05, 4.69) is 30.7 Å². The second kappa shape index (κ2) is 13.9. The van der Waals surface area contributed by atoms with Crippen LogP contribution in [-0.2, 0) is 4.79 Å². The van der Waals surface area contributed by atoms with Crippen molar-refractivity contribution in [2.24, 2.45) is 17.3 Å². The minimum Gasteiger partial charge on any atom is -0.497 e. The molecule has 2 aliphatic rings. The van der Waals surface area contributed by atoms with E-state index in [4.69, 9.17) is 9.47 Å². The molecule has 1 aliphatic carbocycles. The minimum atomic E-state index is -0.750. The molecular weight excluding hydrogens is 566 g/mol. The summed E-state index contributed by atoms with van der Waals surface area (Å²) in [7, 11) is 1.65. The molecule has 8 nitrogen and oxygen atoms in total. The van der Waals surface area contributed by atoms with Gasteiger partial charge in [0.1, 0.15) is 17.3 Å². The molecule has 45 heavy (non-hydrogen) atoms. The summed E-state index contributed by atoms with van der Waals surface area (Å²) in [6.45, 7) is 11.1. The van der Waals surface area contributed by atoms with Crippen LogP contribution in [0.15, 0.2) is 60.8 Å². The Kier molecular flexibility index (Phi) is 10.0. The summed E-state index contributed by atoms with van der Waals surface area (Å²) in [4.78, 5) is 34.4. The Morgan fingerprint density at radius 2 is 1.78 bits per heavy atom. The maximum Gasteiger partial charge on any atom is 0.303 e. The van der Waals surface area contributed by atoms with Crippen molar-refractivity contribution in [3.05, 3.63) is 77.5 Å². The van der Waals surface area contributed by atoms with Gasteiger partial charge in [0.05, 0.1) is 31.4 Å². The number of aromatic nitrogens is 1. The fourth-order valence-corrected chi connectivity index (χ4v) is 6.26. The van der Waals surface area contributed by atoms with Crippen LogP contribution < -0.4 is 19.3 Å². The predicted molar refractivity (Wildman–Crippen MR) is 178 cm³/mol. The molecule has 0 radical (unpaired) electrons. The van der Waals surface area contributed by atoms with Gasteiger partial charge in [0.2, 0.25) is 0 Å². The second-order valence-corrected chi connectivity index (χ2v) is 13.9. The quantitative estimate of drug-likeness (QED) is 0.228. The molecular formula is C37H47N3O5. The lowest BCUT2D eigenvalue weighted by Gasteiger charge is -2.36. The Bertz CT molecular complexity index is 1490. The summed E-state index contributed by atoms with van der Waals surface area (Å²) in [5, 5.41) is 9.41. The molecule has 1 atom stereocenters. The van der Waals surface area contributed by atoms with Crippen molar-refractivity contribution in [1.82, 2.24) is 4.98 Å². The highest BCUT2D eigenvalue weighted by Crippen LogP contribution is 2.45. The van der Waals surface area contributed by atoms with Crippen molar-refractivity contribution >= 4 is 23.4 Å². The molecule has 3 aromatic rings. The van der Waals surface area contributed by atoms with Crippen LogP contribution in [-0.4, -0.2) is 55.3 Å². The van der Waals surface area contributed by atoms with Gasteiger partial charge in [-0.2, -0.15) is 0 Å². The summed E-state index contributed by atoms with van der Waals surface area (Å²) in [5.41, 5.74) is 3.51. The lowest BCUT2D eigenvalue weighted by atomic mass is 9.91. The number of carboxylic acid groups (broad SMARTS) is 1. The molecule has 1 saturated heterocycles. The maximum atomic E-state index is 14.3. The second-order valence-electron chi connectivity index (χ2n) is 13.9. The van der Waals surface area contributed by atoms with Gasteiger partial charge in [0.25, 0.3) is 5.91 Å². The molecule has 1 aliphatic heterocycles. The summed E-state index contributed by atoms with van der Waals surface area (Å²) >= 11 is 0. The van der Waals surface area contributed by atoms with E-state index in [-0.39, 0.29) is 23.7 Å². The topological polar surface area (TPSA) is 92.2 Å². The van der Waals surface area contributed by atoms with E-state index in [1.807, 2.05) is 61.5 Å². The van der Waals surface area contributed by atoms with Crippen molar-refractivity contribution < 1.29 is 24.2 Å². The number of methoxy groups -OCH3 is 1. The van der Waals surface area contributed by atoms with Gasteiger partial charge < -0.3 is 19.5 Å². The van der Waals surface area contributed by atoms with Crippen LogP contribution in [0.1, 0.15) is 80.3 Å². The first-order valence-corrected chi connectivity index (χ1v) is 16.1. The van der Waals surface area contributed by atoms with Crippen molar-refractivity contribution in [3.8, 4) is 11.5 Å². The van der Waals surface area contributed by atoms with Crippen molar-refractivity contribution in [2.75, 3.05) is 43.2 Å². The number of carboxylic acids is 1. The largest absolute Gasteiger partial charge is 0.497 e. The lowest BCUT2D eigenvalue weighted by Crippen LogP contribution is -2.40. The number of aliphatic carboxylic acids is 1. The number of anilines is 2. The average molecular weight is 614 g/mol. The standard InChI is InChI=1S/C37H47N3O5/c1-25-13-16-38-34(19-25)40(24-37(2,3)4)36(43)31-12-11-29(44-5)21-33(31)39-17-14-26(15-18-39)23-45-30-8-6-7-28(20-30)32(22-35(41)42)27-9-10-27/h6-8,11-13,16,19-21,26-27,32H,9-10,14-15,17-18,22-24H2,1-5H3,(H,41,42).